The van der Waals surface area contributed by atoms with Gasteiger partial charge in [-0.2, -0.15) is 0 Å². The van der Waals surface area contributed by atoms with Crippen LogP contribution in [0.15, 0.2) is 12.1 Å². The van der Waals surface area contributed by atoms with Crippen molar-refractivity contribution in [3.8, 4) is 11.5 Å². The maximum atomic E-state index is 12.7. The van der Waals surface area contributed by atoms with Gasteiger partial charge in [-0.1, -0.05) is 18.5 Å². The molecule has 0 aliphatic heterocycles. The fourth-order valence-corrected chi connectivity index (χ4v) is 2.35. The number of hydrogen-bond acceptors (Lipinski definition) is 5. The first-order valence-electron chi connectivity index (χ1n) is 7.52. The Bertz CT molecular complexity index is 664. The Hall–Kier alpha value is -2.48. The summed E-state index contributed by atoms with van der Waals surface area (Å²) in [6.07, 6.45) is 0.587. The molecule has 0 spiro atoms. The van der Waals surface area contributed by atoms with Crippen LogP contribution < -0.4 is 15.2 Å². The third-order valence-electron chi connectivity index (χ3n) is 3.52. The lowest BCUT2D eigenvalue weighted by atomic mass is 10.1. The molecule has 0 saturated carbocycles. The second kappa shape index (κ2) is 9.12. The van der Waals surface area contributed by atoms with Crippen LogP contribution in [-0.2, 0) is 9.59 Å². The molecule has 1 aromatic rings. The molecule has 0 fully saturated rings. The number of hydrogen-bond donors (Lipinski definition) is 2. The summed E-state index contributed by atoms with van der Waals surface area (Å²) in [5.41, 5.74) is 5.18. The lowest BCUT2D eigenvalue weighted by Crippen LogP contribution is -2.41. The van der Waals surface area contributed by atoms with Gasteiger partial charge < -0.3 is 25.2 Å². The van der Waals surface area contributed by atoms with E-state index >= 15 is 0 Å². The molecular formula is C16H21ClN2O6. The number of carboxylic acids is 1. The smallest absolute Gasteiger partial charge is 0.323 e. The second-order valence-electron chi connectivity index (χ2n) is 5.33. The van der Waals surface area contributed by atoms with E-state index in [1.807, 2.05) is 6.92 Å². The molecule has 0 aliphatic carbocycles. The SMILES string of the molecule is CCC(C)N(CC(=O)O)C(=O)c1cc(Cl)c(OCC(N)=O)c(OC)c1. The maximum Gasteiger partial charge on any atom is 0.323 e. The molecule has 1 rings (SSSR count). The molecule has 1 aromatic carbocycles. The van der Waals surface area contributed by atoms with Gasteiger partial charge in [-0.15, -0.1) is 0 Å². The highest BCUT2D eigenvalue weighted by Crippen LogP contribution is 2.36. The van der Waals surface area contributed by atoms with Crippen LogP contribution in [0.25, 0.3) is 0 Å². The number of amides is 2. The van der Waals surface area contributed by atoms with Crippen LogP contribution in [0.3, 0.4) is 0 Å². The first-order chi connectivity index (χ1) is 11.7. The number of nitrogens with zero attached hydrogens (tertiary/aromatic N) is 1. The average molecular weight is 373 g/mol. The molecule has 1 unspecified atom stereocenters. The van der Waals surface area contributed by atoms with Crippen molar-refractivity contribution in [3.05, 3.63) is 22.7 Å². The summed E-state index contributed by atoms with van der Waals surface area (Å²) in [7, 11) is 1.35. The van der Waals surface area contributed by atoms with E-state index in [1.165, 1.54) is 24.1 Å². The molecule has 3 N–H and O–H groups in total. The predicted molar refractivity (Wildman–Crippen MR) is 91.1 cm³/mol. The van der Waals surface area contributed by atoms with Gasteiger partial charge in [-0.25, -0.2) is 0 Å². The zero-order chi connectivity index (χ0) is 19.1. The van der Waals surface area contributed by atoms with Gasteiger partial charge in [0.15, 0.2) is 18.1 Å². The van der Waals surface area contributed by atoms with Crippen molar-refractivity contribution in [2.75, 3.05) is 20.3 Å². The summed E-state index contributed by atoms with van der Waals surface area (Å²) in [4.78, 5) is 35.9. The monoisotopic (exact) mass is 372 g/mol. The van der Waals surface area contributed by atoms with Crippen molar-refractivity contribution < 1.29 is 29.0 Å². The number of benzene rings is 1. The van der Waals surface area contributed by atoms with Crippen molar-refractivity contribution in [3.63, 3.8) is 0 Å². The third kappa shape index (κ3) is 5.53. The minimum Gasteiger partial charge on any atom is -0.493 e. The number of nitrogens with two attached hydrogens (primary N) is 1. The topological polar surface area (TPSA) is 119 Å². The zero-order valence-corrected chi connectivity index (χ0v) is 15.0. The van der Waals surface area contributed by atoms with Crippen molar-refractivity contribution in [2.45, 2.75) is 26.3 Å². The molecule has 2 amide bonds. The van der Waals surface area contributed by atoms with E-state index in [-0.39, 0.29) is 28.1 Å². The predicted octanol–water partition coefficient (Wildman–Crippen LogP) is 1.54. The third-order valence-corrected chi connectivity index (χ3v) is 3.81. The molecule has 9 heteroatoms. The molecule has 0 heterocycles. The molecular weight excluding hydrogens is 352 g/mol. The summed E-state index contributed by atoms with van der Waals surface area (Å²) in [5.74, 6) is -2.10. The van der Waals surface area contributed by atoms with E-state index in [0.29, 0.717) is 6.42 Å². The summed E-state index contributed by atoms with van der Waals surface area (Å²) >= 11 is 6.12. The number of primary amides is 1. The zero-order valence-electron chi connectivity index (χ0n) is 14.2. The highest BCUT2D eigenvalue weighted by atomic mass is 35.5. The Morgan fingerprint density at radius 2 is 2.00 bits per heavy atom. The Kier molecular flexibility index (Phi) is 7.50. The average Bonchev–Trinajstić information content (AvgIpc) is 2.56. The minimum atomic E-state index is -1.12. The summed E-state index contributed by atoms with van der Waals surface area (Å²) in [6, 6.07) is 2.43. The normalized spacial score (nSPS) is 11.5. The molecule has 0 saturated heterocycles. The molecule has 0 radical (unpaired) electrons. The highest BCUT2D eigenvalue weighted by molar-refractivity contribution is 6.32. The lowest BCUT2D eigenvalue weighted by Gasteiger charge is -2.27. The van der Waals surface area contributed by atoms with Gasteiger partial charge >= 0.3 is 5.97 Å². The van der Waals surface area contributed by atoms with Gasteiger partial charge in [-0.05, 0) is 25.5 Å². The number of methoxy groups -OCH3 is 1. The van der Waals surface area contributed by atoms with E-state index in [0.717, 1.165) is 0 Å². The van der Waals surface area contributed by atoms with Crippen LogP contribution in [0.2, 0.25) is 5.02 Å². The molecule has 1 atom stereocenters. The Balaban J connectivity index is 3.22. The van der Waals surface area contributed by atoms with Crippen molar-refractivity contribution in [2.24, 2.45) is 5.73 Å². The van der Waals surface area contributed by atoms with Gasteiger partial charge in [0.1, 0.15) is 6.54 Å². The number of carbonyl (C=O) groups excluding carboxylic acids is 2. The fourth-order valence-electron chi connectivity index (χ4n) is 2.09. The number of carbonyl (C=O) groups is 3. The molecule has 25 heavy (non-hydrogen) atoms. The highest BCUT2D eigenvalue weighted by Gasteiger charge is 2.25. The molecule has 138 valence electrons. The number of aliphatic carboxylic acids is 1. The van der Waals surface area contributed by atoms with Crippen LogP contribution >= 0.6 is 11.6 Å². The molecule has 0 aliphatic rings. The van der Waals surface area contributed by atoms with Gasteiger partial charge in [0, 0.05) is 11.6 Å². The van der Waals surface area contributed by atoms with Crippen LogP contribution in [0.4, 0.5) is 0 Å². The van der Waals surface area contributed by atoms with Gasteiger partial charge in [0.2, 0.25) is 0 Å². The Labute approximate surface area is 150 Å². The number of ether oxygens (including phenoxy) is 2. The second-order valence-corrected chi connectivity index (χ2v) is 5.74. The Morgan fingerprint density at radius 3 is 2.48 bits per heavy atom. The quantitative estimate of drug-likeness (QED) is 0.678. The molecule has 8 nitrogen and oxygen atoms in total. The summed E-state index contributed by atoms with van der Waals surface area (Å²) in [5, 5.41) is 9.08. The molecule has 0 aromatic heterocycles. The van der Waals surface area contributed by atoms with E-state index in [2.05, 4.69) is 0 Å². The van der Waals surface area contributed by atoms with E-state index in [9.17, 15) is 14.4 Å². The first kappa shape index (κ1) is 20.6. The van der Waals surface area contributed by atoms with Crippen molar-refractivity contribution in [1.29, 1.82) is 0 Å². The van der Waals surface area contributed by atoms with Gasteiger partial charge in [0.25, 0.3) is 11.8 Å². The first-order valence-corrected chi connectivity index (χ1v) is 7.90. The Morgan fingerprint density at radius 1 is 1.36 bits per heavy atom. The van der Waals surface area contributed by atoms with E-state index in [1.54, 1.807) is 6.92 Å². The number of rotatable bonds is 9. The summed E-state index contributed by atoms with van der Waals surface area (Å²) < 4.78 is 10.3. The van der Waals surface area contributed by atoms with Crippen LogP contribution in [0.1, 0.15) is 30.6 Å². The van der Waals surface area contributed by atoms with Crippen LogP contribution in [0.5, 0.6) is 11.5 Å². The minimum absolute atomic E-state index is 0.0448. The van der Waals surface area contributed by atoms with Gasteiger partial charge in [-0.3, -0.25) is 14.4 Å². The fraction of sp³-hybridized carbons (Fsp3) is 0.438. The van der Waals surface area contributed by atoms with Crippen molar-refractivity contribution >= 4 is 29.4 Å². The largest absolute Gasteiger partial charge is 0.493 e. The number of carboxylic acid groups (broad SMARTS) is 1. The van der Waals surface area contributed by atoms with Gasteiger partial charge in [0.05, 0.1) is 12.1 Å². The number of halogens is 1. The van der Waals surface area contributed by atoms with Crippen LogP contribution in [0, 0.1) is 0 Å². The van der Waals surface area contributed by atoms with Crippen molar-refractivity contribution in [1.82, 2.24) is 4.90 Å². The lowest BCUT2D eigenvalue weighted by molar-refractivity contribution is -0.138. The van der Waals surface area contributed by atoms with Crippen LogP contribution in [-0.4, -0.2) is 54.1 Å². The standard InChI is InChI=1S/C16H21ClN2O6/c1-4-9(2)19(7-14(21)22)16(23)10-5-11(17)15(12(6-10)24-3)25-8-13(18)20/h5-6,9H,4,7-8H2,1-3H3,(H2,18,20)(H,21,22). The molecule has 0 bridgehead atoms. The van der Waals surface area contributed by atoms with E-state index in [4.69, 9.17) is 31.9 Å². The maximum absolute atomic E-state index is 12.7. The van der Waals surface area contributed by atoms with E-state index < -0.39 is 30.9 Å². The summed E-state index contributed by atoms with van der Waals surface area (Å²) in [6.45, 7) is 2.76.